The quantitative estimate of drug-likeness (QED) is 0.307. The molecule has 192 valence electrons. The van der Waals surface area contributed by atoms with Gasteiger partial charge < -0.3 is 25.8 Å². The molecule has 0 radical (unpaired) electrons. The number of rotatable bonds is 6. The van der Waals surface area contributed by atoms with E-state index in [0.717, 1.165) is 23.8 Å². The number of amides is 1. The number of carboxylic acid groups (broad SMARTS) is 1. The molecule has 3 aromatic carbocycles. The van der Waals surface area contributed by atoms with E-state index in [9.17, 15) is 19.8 Å². The number of benzene rings is 3. The van der Waals surface area contributed by atoms with Crippen LogP contribution < -0.4 is 5.73 Å². The second-order valence-corrected chi connectivity index (χ2v) is 9.38. The van der Waals surface area contributed by atoms with Crippen molar-refractivity contribution in [1.29, 1.82) is 0 Å². The van der Waals surface area contributed by atoms with E-state index in [4.69, 9.17) is 5.73 Å². The van der Waals surface area contributed by atoms with E-state index in [0.29, 0.717) is 36.8 Å². The Balaban J connectivity index is 0.00000320. The molecular formula is C29H31N3O4S. The number of piperidine rings is 1. The van der Waals surface area contributed by atoms with Crippen molar-refractivity contribution in [2.24, 2.45) is 5.73 Å². The van der Waals surface area contributed by atoms with E-state index in [1.165, 1.54) is 5.56 Å². The summed E-state index contributed by atoms with van der Waals surface area (Å²) in [6.45, 7) is 1.83. The van der Waals surface area contributed by atoms with Crippen LogP contribution in [0.4, 0.5) is 0 Å². The normalized spacial score (nSPS) is 15.7. The lowest BCUT2D eigenvalue weighted by atomic mass is 9.86. The molecule has 5 N–H and O–H groups in total. The van der Waals surface area contributed by atoms with E-state index in [1.54, 1.807) is 54.6 Å². The Labute approximate surface area is 222 Å². The molecule has 1 amide bonds. The fourth-order valence-corrected chi connectivity index (χ4v) is 5.12. The highest BCUT2D eigenvalue weighted by Crippen LogP contribution is 2.33. The molecular weight excluding hydrogens is 486 g/mol. The van der Waals surface area contributed by atoms with Gasteiger partial charge in [-0.1, -0.05) is 66.7 Å². The smallest absolute Gasteiger partial charge is 0.345 e. The molecule has 1 aromatic heterocycles. The molecule has 2 heterocycles. The minimum absolute atomic E-state index is 0. The fraction of sp³-hybridized carbons (Fsp3) is 0.241. The van der Waals surface area contributed by atoms with Crippen molar-refractivity contribution in [3.05, 3.63) is 107 Å². The highest BCUT2D eigenvalue weighted by atomic mass is 32.1. The first kappa shape index (κ1) is 26.5. The van der Waals surface area contributed by atoms with Gasteiger partial charge in [-0.25, -0.2) is 4.79 Å². The van der Waals surface area contributed by atoms with Crippen molar-refractivity contribution in [3.63, 3.8) is 0 Å². The number of aromatic nitrogens is 1. The molecule has 1 saturated heterocycles. The number of H-pyrrole nitrogens is 1. The number of hydrogen-bond donors (Lipinski definition) is 4. The van der Waals surface area contributed by atoms with Crippen LogP contribution in [0.25, 0.3) is 10.9 Å². The van der Waals surface area contributed by atoms with Crippen LogP contribution in [-0.2, 0) is 16.9 Å². The van der Waals surface area contributed by atoms with Gasteiger partial charge in [0.25, 0.3) is 5.91 Å². The zero-order valence-corrected chi connectivity index (χ0v) is 21.4. The van der Waals surface area contributed by atoms with Crippen LogP contribution in [0.3, 0.4) is 0 Å². The predicted molar refractivity (Wildman–Crippen MR) is 148 cm³/mol. The highest BCUT2D eigenvalue weighted by molar-refractivity contribution is 7.59. The minimum atomic E-state index is -2.20. The maximum atomic E-state index is 13.3. The summed E-state index contributed by atoms with van der Waals surface area (Å²) in [7, 11) is 0. The molecule has 1 atom stereocenters. The maximum absolute atomic E-state index is 13.3. The number of carbonyl (C=O) groups is 2. The van der Waals surface area contributed by atoms with E-state index in [2.05, 4.69) is 17.1 Å². The van der Waals surface area contributed by atoms with Crippen LogP contribution >= 0.6 is 13.5 Å². The van der Waals surface area contributed by atoms with Crippen molar-refractivity contribution < 1.29 is 19.8 Å². The van der Waals surface area contributed by atoms with Crippen LogP contribution in [0.2, 0.25) is 0 Å². The zero-order valence-electron chi connectivity index (χ0n) is 20.4. The average molecular weight is 518 g/mol. The largest absolute Gasteiger partial charge is 0.479 e. The van der Waals surface area contributed by atoms with Crippen molar-refractivity contribution in [1.82, 2.24) is 9.88 Å². The molecule has 0 saturated carbocycles. The lowest BCUT2D eigenvalue weighted by Crippen LogP contribution is -2.38. The molecule has 0 spiro atoms. The van der Waals surface area contributed by atoms with Gasteiger partial charge in [-0.15, -0.1) is 0 Å². The Morgan fingerprint density at radius 3 is 2.35 bits per heavy atom. The Bertz CT molecular complexity index is 1410. The topological polar surface area (TPSA) is 120 Å². The number of aliphatic hydroxyl groups is 1. The van der Waals surface area contributed by atoms with Crippen LogP contribution in [0.1, 0.15) is 51.5 Å². The third kappa shape index (κ3) is 5.00. The molecule has 8 heteroatoms. The molecule has 1 aliphatic rings. The Morgan fingerprint density at radius 1 is 0.946 bits per heavy atom. The van der Waals surface area contributed by atoms with Crippen LogP contribution in [0.15, 0.2) is 78.9 Å². The number of carbonyl (C=O) groups excluding carboxylic acids is 1. The Hall–Kier alpha value is -3.59. The van der Waals surface area contributed by atoms with Gasteiger partial charge in [0.15, 0.2) is 0 Å². The molecule has 4 aromatic rings. The molecule has 1 aliphatic heterocycles. The molecule has 37 heavy (non-hydrogen) atoms. The van der Waals surface area contributed by atoms with Crippen molar-refractivity contribution >= 4 is 36.3 Å². The van der Waals surface area contributed by atoms with E-state index >= 15 is 0 Å². The number of fused-ring (bicyclic) bond motifs is 1. The van der Waals surface area contributed by atoms with Crippen molar-refractivity contribution in [2.75, 3.05) is 13.1 Å². The van der Waals surface area contributed by atoms with E-state index < -0.39 is 11.6 Å². The predicted octanol–water partition coefficient (Wildman–Crippen LogP) is 4.08. The van der Waals surface area contributed by atoms with Crippen LogP contribution in [-0.4, -0.2) is 45.1 Å². The summed E-state index contributed by atoms with van der Waals surface area (Å²) >= 11 is 0. The summed E-state index contributed by atoms with van der Waals surface area (Å²) in [4.78, 5) is 30.4. The molecule has 0 aliphatic carbocycles. The number of nitrogens with two attached hydrogens (primary N) is 1. The molecule has 5 rings (SSSR count). The number of carboxylic acids is 1. The second-order valence-electron chi connectivity index (χ2n) is 9.38. The first-order valence-corrected chi connectivity index (χ1v) is 12.1. The minimum Gasteiger partial charge on any atom is -0.479 e. The van der Waals surface area contributed by atoms with Crippen molar-refractivity contribution in [3.8, 4) is 0 Å². The number of nitrogens with zero attached hydrogens (tertiary/aromatic N) is 1. The summed E-state index contributed by atoms with van der Waals surface area (Å²) < 4.78 is 0. The van der Waals surface area contributed by atoms with Crippen molar-refractivity contribution in [2.45, 2.75) is 30.9 Å². The SMILES string of the molecule is NCc1cccc(C2CCN(C(=O)c3cc4ccc([C@](O)(C(=O)O)c5ccccc5)cc4[nH]3)CC2)c1.S. The van der Waals surface area contributed by atoms with Gasteiger partial charge in [-0.2, -0.15) is 13.5 Å². The number of aliphatic carboxylic acids is 1. The van der Waals surface area contributed by atoms with Crippen LogP contribution in [0.5, 0.6) is 0 Å². The second kappa shape index (κ2) is 10.8. The molecule has 0 bridgehead atoms. The van der Waals surface area contributed by atoms with Gasteiger partial charge in [-0.3, -0.25) is 4.79 Å². The lowest BCUT2D eigenvalue weighted by molar-refractivity contribution is -0.155. The summed E-state index contributed by atoms with van der Waals surface area (Å²) in [6, 6.07) is 23.3. The fourth-order valence-electron chi connectivity index (χ4n) is 5.12. The van der Waals surface area contributed by atoms with Gasteiger partial charge >= 0.3 is 5.97 Å². The average Bonchev–Trinajstić information content (AvgIpc) is 3.36. The summed E-state index contributed by atoms with van der Waals surface area (Å²) in [6.07, 6.45) is 1.76. The number of hydrogen-bond acceptors (Lipinski definition) is 4. The molecule has 7 nitrogen and oxygen atoms in total. The van der Waals surface area contributed by atoms with Gasteiger partial charge in [0.1, 0.15) is 5.69 Å². The Kier molecular flexibility index (Phi) is 7.73. The summed E-state index contributed by atoms with van der Waals surface area (Å²) in [5.41, 5.74) is 7.50. The van der Waals surface area contributed by atoms with E-state index in [-0.39, 0.29) is 30.5 Å². The summed E-state index contributed by atoms with van der Waals surface area (Å²) in [5.74, 6) is -1.05. The first-order chi connectivity index (χ1) is 17.4. The zero-order chi connectivity index (χ0) is 25.3. The van der Waals surface area contributed by atoms with Gasteiger partial charge in [-0.05, 0) is 47.6 Å². The highest BCUT2D eigenvalue weighted by Gasteiger charge is 2.40. The monoisotopic (exact) mass is 517 g/mol. The van der Waals surface area contributed by atoms with Gasteiger partial charge in [0.2, 0.25) is 5.60 Å². The number of aromatic amines is 1. The number of likely N-dealkylation sites (tertiary alicyclic amines) is 1. The number of nitrogens with one attached hydrogen (secondary N) is 1. The van der Waals surface area contributed by atoms with Crippen LogP contribution in [0, 0.1) is 0 Å². The first-order valence-electron chi connectivity index (χ1n) is 12.1. The molecule has 1 fully saturated rings. The standard InChI is InChI=1S/C29H29N3O4.H2S/c30-18-19-5-4-6-21(15-19)20-11-13-32(14-12-20)27(33)26-16-22-9-10-24(17-25(22)31-26)29(36,28(34)35)23-7-2-1-3-8-23;/h1-10,15-17,20,31,36H,11-14,18,30H2,(H,34,35);1H2/t29-;/m0./s1. The lowest BCUT2D eigenvalue weighted by Gasteiger charge is -2.32. The summed E-state index contributed by atoms with van der Waals surface area (Å²) in [5, 5.41) is 21.8. The van der Waals surface area contributed by atoms with Gasteiger partial charge in [0, 0.05) is 36.1 Å². The van der Waals surface area contributed by atoms with E-state index in [1.807, 2.05) is 17.0 Å². The Morgan fingerprint density at radius 2 is 1.68 bits per heavy atom. The molecule has 0 unspecified atom stereocenters. The maximum Gasteiger partial charge on any atom is 0.345 e. The third-order valence-corrected chi connectivity index (χ3v) is 7.21. The third-order valence-electron chi connectivity index (χ3n) is 7.21. The van der Waals surface area contributed by atoms with Gasteiger partial charge in [0.05, 0.1) is 0 Å².